The minimum Gasteiger partial charge on any atom is -0.394 e. The number of nitrogen functional groups attached to an aromatic ring is 1. The predicted octanol–water partition coefficient (Wildman–Crippen LogP) is -1.24. The molecule has 1 saturated heterocycles. The highest BCUT2D eigenvalue weighted by atomic mass is 16.5. The second kappa shape index (κ2) is 5.13. The molecule has 1 aliphatic rings. The molecular formula is C13H19N5O4. The Kier molecular flexibility index (Phi) is 3.52. The Morgan fingerprint density at radius 2 is 2.23 bits per heavy atom. The summed E-state index contributed by atoms with van der Waals surface area (Å²) in [5, 5.41) is 30.1. The van der Waals surface area contributed by atoms with Gasteiger partial charge in [0.05, 0.1) is 31.3 Å². The van der Waals surface area contributed by atoms with E-state index in [1.807, 2.05) is 0 Å². The lowest BCUT2D eigenvalue weighted by Crippen LogP contribution is -2.59. The van der Waals surface area contributed by atoms with Crippen molar-refractivity contribution in [3.8, 4) is 0 Å². The van der Waals surface area contributed by atoms with E-state index in [1.165, 1.54) is 13.3 Å². The minimum absolute atomic E-state index is 0.101. The van der Waals surface area contributed by atoms with E-state index in [0.717, 1.165) is 0 Å². The quantitative estimate of drug-likeness (QED) is 0.540. The lowest BCUT2D eigenvalue weighted by Gasteiger charge is -2.44. The Hall–Kier alpha value is -1.81. The number of nitrogens with two attached hydrogens (primary N) is 1. The zero-order chi connectivity index (χ0) is 16.1. The zero-order valence-corrected chi connectivity index (χ0v) is 12.3. The summed E-state index contributed by atoms with van der Waals surface area (Å²) in [6, 6.07) is -0.621. The van der Waals surface area contributed by atoms with E-state index in [-0.39, 0.29) is 19.2 Å². The largest absolute Gasteiger partial charge is 0.394 e. The molecule has 1 aliphatic heterocycles. The third kappa shape index (κ3) is 2.13. The summed E-state index contributed by atoms with van der Waals surface area (Å²) < 4.78 is 7.06. The monoisotopic (exact) mass is 309 g/mol. The molecular weight excluding hydrogens is 290 g/mol. The van der Waals surface area contributed by atoms with Gasteiger partial charge in [0.1, 0.15) is 23.3 Å². The van der Waals surface area contributed by atoms with Crippen molar-refractivity contribution in [1.29, 1.82) is 0 Å². The van der Waals surface area contributed by atoms with Crippen LogP contribution in [-0.2, 0) is 4.74 Å². The van der Waals surface area contributed by atoms with Gasteiger partial charge in [-0.25, -0.2) is 9.97 Å². The van der Waals surface area contributed by atoms with Gasteiger partial charge in [0.15, 0.2) is 5.65 Å². The molecule has 9 heteroatoms. The van der Waals surface area contributed by atoms with Gasteiger partial charge in [0.2, 0.25) is 5.95 Å². The molecule has 0 spiro atoms. The molecule has 0 bridgehead atoms. The van der Waals surface area contributed by atoms with Gasteiger partial charge in [-0.3, -0.25) is 0 Å². The summed E-state index contributed by atoms with van der Waals surface area (Å²) in [5.41, 5.74) is 5.83. The number of aromatic nitrogens is 4. The molecule has 22 heavy (non-hydrogen) atoms. The van der Waals surface area contributed by atoms with Gasteiger partial charge in [-0.15, -0.1) is 0 Å². The van der Waals surface area contributed by atoms with E-state index < -0.39 is 23.9 Å². The fourth-order valence-corrected chi connectivity index (χ4v) is 2.87. The van der Waals surface area contributed by atoms with Crippen LogP contribution in [0.1, 0.15) is 18.7 Å². The van der Waals surface area contributed by atoms with Crippen molar-refractivity contribution in [3.63, 3.8) is 0 Å². The van der Waals surface area contributed by atoms with E-state index in [2.05, 4.69) is 15.0 Å². The number of hydrogen-bond donors (Lipinski definition) is 4. The smallest absolute Gasteiger partial charge is 0.222 e. The van der Waals surface area contributed by atoms with E-state index in [4.69, 9.17) is 10.5 Å². The first-order valence-corrected chi connectivity index (χ1v) is 6.95. The Bertz CT molecular complexity index is 701. The molecule has 1 unspecified atom stereocenters. The summed E-state index contributed by atoms with van der Waals surface area (Å²) in [5.74, 6) is 0.108. The molecule has 0 amide bonds. The van der Waals surface area contributed by atoms with Crippen LogP contribution >= 0.6 is 0 Å². The highest BCUT2D eigenvalue weighted by Crippen LogP contribution is 2.35. The molecule has 120 valence electrons. The molecule has 0 radical (unpaired) electrons. The van der Waals surface area contributed by atoms with E-state index in [1.54, 1.807) is 11.5 Å². The summed E-state index contributed by atoms with van der Waals surface area (Å²) in [4.78, 5) is 12.5. The Labute approximate surface area is 126 Å². The first kappa shape index (κ1) is 15.1. The van der Waals surface area contributed by atoms with Crippen molar-refractivity contribution < 1.29 is 20.1 Å². The SMILES string of the molecule is Cc1nc(N)nc2c1ncn2C1CO[C@H](CO)[C@@H](O)[C@@]1(C)O. The van der Waals surface area contributed by atoms with E-state index in [0.29, 0.717) is 16.9 Å². The van der Waals surface area contributed by atoms with Crippen LogP contribution in [-0.4, -0.2) is 65.9 Å². The average Bonchev–Trinajstić information content (AvgIpc) is 2.85. The highest BCUT2D eigenvalue weighted by Gasteiger charge is 2.49. The van der Waals surface area contributed by atoms with Crippen LogP contribution in [0.15, 0.2) is 6.33 Å². The van der Waals surface area contributed by atoms with Crippen LogP contribution in [0.4, 0.5) is 5.95 Å². The van der Waals surface area contributed by atoms with Crippen LogP contribution < -0.4 is 5.73 Å². The normalized spacial score (nSPS) is 32.5. The first-order valence-electron chi connectivity index (χ1n) is 6.95. The predicted molar refractivity (Wildman–Crippen MR) is 77.0 cm³/mol. The summed E-state index contributed by atoms with van der Waals surface area (Å²) >= 11 is 0. The average molecular weight is 309 g/mol. The number of aliphatic hydroxyl groups excluding tert-OH is 2. The van der Waals surface area contributed by atoms with Crippen molar-refractivity contribution in [2.75, 3.05) is 18.9 Å². The molecule has 3 heterocycles. The van der Waals surface area contributed by atoms with E-state index in [9.17, 15) is 15.3 Å². The van der Waals surface area contributed by atoms with E-state index >= 15 is 0 Å². The topological polar surface area (TPSA) is 140 Å². The van der Waals surface area contributed by atoms with Gasteiger partial charge in [-0.05, 0) is 13.8 Å². The maximum absolute atomic E-state index is 10.7. The fraction of sp³-hybridized carbons (Fsp3) is 0.615. The maximum atomic E-state index is 10.7. The van der Waals surface area contributed by atoms with Gasteiger partial charge in [0.25, 0.3) is 0 Å². The van der Waals surface area contributed by atoms with Crippen molar-refractivity contribution in [1.82, 2.24) is 19.5 Å². The lowest BCUT2D eigenvalue weighted by atomic mass is 9.85. The number of aryl methyl sites for hydroxylation is 1. The van der Waals surface area contributed by atoms with Crippen LogP contribution in [0.3, 0.4) is 0 Å². The van der Waals surface area contributed by atoms with Crippen molar-refractivity contribution in [3.05, 3.63) is 12.0 Å². The molecule has 0 aliphatic carbocycles. The minimum atomic E-state index is -1.52. The van der Waals surface area contributed by atoms with Gasteiger partial charge in [-0.1, -0.05) is 0 Å². The second-order valence-electron chi connectivity index (χ2n) is 5.73. The lowest BCUT2D eigenvalue weighted by molar-refractivity contribution is -0.214. The number of rotatable bonds is 2. The Balaban J connectivity index is 2.08. The third-order valence-electron chi connectivity index (χ3n) is 4.22. The standard InChI is InChI=1S/C13H19N5O4/c1-6-9-11(17-12(14)16-6)18(5-15-9)8-4-22-7(3-19)10(20)13(8,2)21/h5,7-8,10,19-21H,3-4H2,1-2H3,(H2,14,16,17)/t7-,8?,10-,13+/m1/s1. The molecule has 0 aromatic carbocycles. The Morgan fingerprint density at radius 1 is 1.50 bits per heavy atom. The van der Waals surface area contributed by atoms with Crippen molar-refractivity contribution >= 4 is 17.1 Å². The molecule has 3 rings (SSSR count). The third-order valence-corrected chi connectivity index (χ3v) is 4.22. The zero-order valence-electron chi connectivity index (χ0n) is 12.3. The number of ether oxygens (including phenoxy) is 1. The summed E-state index contributed by atoms with van der Waals surface area (Å²) in [6.07, 6.45) is -0.559. The molecule has 2 aromatic rings. The van der Waals surface area contributed by atoms with Gasteiger partial charge >= 0.3 is 0 Å². The molecule has 9 nitrogen and oxygen atoms in total. The molecule has 0 saturated carbocycles. The second-order valence-corrected chi connectivity index (χ2v) is 5.73. The summed E-state index contributed by atoms with van der Waals surface area (Å²) in [6.45, 7) is 2.99. The van der Waals surface area contributed by atoms with Crippen LogP contribution in [0.5, 0.6) is 0 Å². The Morgan fingerprint density at radius 3 is 2.91 bits per heavy atom. The number of aliphatic hydroxyl groups is 3. The summed E-state index contributed by atoms with van der Waals surface area (Å²) in [7, 11) is 0. The van der Waals surface area contributed by atoms with Crippen LogP contribution in [0.2, 0.25) is 0 Å². The maximum Gasteiger partial charge on any atom is 0.222 e. The number of nitrogens with zero attached hydrogens (tertiary/aromatic N) is 4. The number of hydrogen-bond acceptors (Lipinski definition) is 8. The molecule has 4 atom stereocenters. The highest BCUT2D eigenvalue weighted by molar-refractivity contribution is 5.74. The first-order chi connectivity index (χ1) is 10.4. The number of fused-ring (bicyclic) bond motifs is 1. The van der Waals surface area contributed by atoms with Gasteiger partial charge < -0.3 is 30.4 Å². The molecule has 1 fully saturated rings. The van der Waals surface area contributed by atoms with Crippen LogP contribution in [0, 0.1) is 6.92 Å². The van der Waals surface area contributed by atoms with Crippen molar-refractivity contribution in [2.45, 2.75) is 37.7 Å². The van der Waals surface area contributed by atoms with Gasteiger partial charge in [-0.2, -0.15) is 4.98 Å². The fourth-order valence-electron chi connectivity index (χ4n) is 2.87. The van der Waals surface area contributed by atoms with Gasteiger partial charge in [0, 0.05) is 0 Å². The van der Waals surface area contributed by atoms with Crippen LogP contribution in [0.25, 0.3) is 11.2 Å². The van der Waals surface area contributed by atoms with Crippen molar-refractivity contribution in [2.24, 2.45) is 0 Å². The number of anilines is 1. The number of imidazole rings is 1. The molecule has 2 aromatic heterocycles. The molecule has 5 N–H and O–H groups in total.